The number of nitrogens with one attached hydrogen (secondary N) is 1. The highest BCUT2D eigenvalue weighted by atomic mass is 15.0. The molecule has 0 spiro atoms. The third kappa shape index (κ3) is 3.47. The SMILES string of the molecule is CCCCCn1cc(C#N)c2c(CC)nc(C(C)NC3CC3)cc21. The maximum atomic E-state index is 9.54. The zero-order valence-corrected chi connectivity index (χ0v) is 15.1. The van der Waals surface area contributed by atoms with Gasteiger partial charge in [-0.25, -0.2) is 0 Å². The number of unbranched alkanes of at least 4 members (excludes halogenated alkanes) is 2. The molecule has 1 fully saturated rings. The van der Waals surface area contributed by atoms with E-state index in [1.54, 1.807) is 0 Å². The van der Waals surface area contributed by atoms with Gasteiger partial charge in [0.2, 0.25) is 0 Å². The van der Waals surface area contributed by atoms with Crippen LogP contribution >= 0.6 is 0 Å². The molecule has 0 bridgehead atoms. The number of hydrogen-bond acceptors (Lipinski definition) is 3. The number of nitriles is 1. The molecule has 1 atom stereocenters. The second-order valence-electron chi connectivity index (χ2n) is 6.96. The van der Waals surface area contributed by atoms with Crippen LogP contribution in [-0.2, 0) is 13.0 Å². The van der Waals surface area contributed by atoms with Gasteiger partial charge in [0.25, 0.3) is 0 Å². The maximum Gasteiger partial charge on any atom is 0.101 e. The molecule has 0 radical (unpaired) electrons. The molecule has 2 aromatic rings. The fourth-order valence-electron chi connectivity index (χ4n) is 3.38. The van der Waals surface area contributed by atoms with E-state index in [0.717, 1.165) is 41.7 Å². The van der Waals surface area contributed by atoms with Crippen LogP contribution < -0.4 is 5.32 Å². The van der Waals surface area contributed by atoms with E-state index < -0.39 is 0 Å². The summed E-state index contributed by atoms with van der Waals surface area (Å²) in [5.74, 6) is 0. The quantitative estimate of drug-likeness (QED) is 0.729. The van der Waals surface area contributed by atoms with Gasteiger partial charge in [-0.15, -0.1) is 0 Å². The number of hydrogen-bond donors (Lipinski definition) is 1. The summed E-state index contributed by atoms with van der Waals surface area (Å²) in [6.45, 7) is 7.52. The number of rotatable bonds is 8. The van der Waals surface area contributed by atoms with E-state index in [0.29, 0.717) is 6.04 Å². The highest BCUT2D eigenvalue weighted by molar-refractivity contribution is 5.89. The monoisotopic (exact) mass is 324 g/mol. The largest absolute Gasteiger partial charge is 0.346 e. The number of aryl methyl sites for hydroxylation is 2. The van der Waals surface area contributed by atoms with Crippen LogP contribution in [0.5, 0.6) is 0 Å². The third-order valence-corrected chi connectivity index (χ3v) is 4.92. The van der Waals surface area contributed by atoms with Gasteiger partial charge < -0.3 is 9.88 Å². The summed E-state index contributed by atoms with van der Waals surface area (Å²) < 4.78 is 2.26. The Morgan fingerprint density at radius 3 is 2.79 bits per heavy atom. The molecule has 1 aliphatic carbocycles. The molecule has 0 aliphatic heterocycles. The van der Waals surface area contributed by atoms with Crippen molar-refractivity contribution in [3.63, 3.8) is 0 Å². The van der Waals surface area contributed by atoms with Crippen LogP contribution in [0.3, 0.4) is 0 Å². The zero-order chi connectivity index (χ0) is 17.1. The lowest BCUT2D eigenvalue weighted by Gasteiger charge is -2.15. The molecule has 0 aromatic carbocycles. The minimum Gasteiger partial charge on any atom is -0.346 e. The first-order valence-corrected chi connectivity index (χ1v) is 9.36. The van der Waals surface area contributed by atoms with Gasteiger partial charge in [0.1, 0.15) is 6.07 Å². The summed E-state index contributed by atoms with van der Waals surface area (Å²) in [5, 5.41) is 14.2. The summed E-state index contributed by atoms with van der Waals surface area (Å²) in [6.07, 6.45) is 9.01. The van der Waals surface area contributed by atoms with Crippen LogP contribution in [-0.4, -0.2) is 15.6 Å². The highest BCUT2D eigenvalue weighted by Gasteiger charge is 2.25. The summed E-state index contributed by atoms with van der Waals surface area (Å²) in [5.41, 5.74) is 4.09. The molecule has 4 nitrogen and oxygen atoms in total. The number of aromatic nitrogens is 2. The molecule has 1 saturated carbocycles. The van der Waals surface area contributed by atoms with Crippen LogP contribution in [0.15, 0.2) is 12.3 Å². The van der Waals surface area contributed by atoms with Gasteiger partial charge >= 0.3 is 0 Å². The van der Waals surface area contributed by atoms with Crippen molar-refractivity contribution >= 4 is 10.9 Å². The van der Waals surface area contributed by atoms with Crippen molar-refractivity contribution in [1.29, 1.82) is 5.26 Å². The number of fused-ring (bicyclic) bond motifs is 1. The van der Waals surface area contributed by atoms with Gasteiger partial charge in [0.15, 0.2) is 0 Å². The summed E-state index contributed by atoms with van der Waals surface area (Å²) in [4.78, 5) is 4.89. The smallest absolute Gasteiger partial charge is 0.101 e. The van der Waals surface area contributed by atoms with Crippen molar-refractivity contribution in [2.45, 2.75) is 77.9 Å². The fourth-order valence-corrected chi connectivity index (χ4v) is 3.38. The number of nitrogens with zero attached hydrogens (tertiary/aromatic N) is 3. The summed E-state index contributed by atoms with van der Waals surface area (Å²) >= 11 is 0. The Bertz CT molecular complexity index is 749. The molecule has 1 aliphatic rings. The second-order valence-corrected chi connectivity index (χ2v) is 6.96. The van der Waals surface area contributed by atoms with Crippen LogP contribution in [0.25, 0.3) is 10.9 Å². The van der Waals surface area contributed by atoms with Crippen LogP contribution in [0.4, 0.5) is 0 Å². The number of pyridine rings is 1. The van der Waals surface area contributed by atoms with Crippen LogP contribution in [0.2, 0.25) is 0 Å². The minimum atomic E-state index is 0.261. The average Bonchev–Trinajstić information content (AvgIpc) is 3.34. The van der Waals surface area contributed by atoms with E-state index in [-0.39, 0.29) is 6.04 Å². The first-order chi connectivity index (χ1) is 11.7. The van der Waals surface area contributed by atoms with Crippen molar-refractivity contribution < 1.29 is 0 Å². The van der Waals surface area contributed by atoms with Gasteiger partial charge in [0.05, 0.1) is 22.5 Å². The first-order valence-electron chi connectivity index (χ1n) is 9.36. The molecular weight excluding hydrogens is 296 g/mol. The molecule has 0 amide bonds. The van der Waals surface area contributed by atoms with Crippen LogP contribution in [0, 0.1) is 11.3 Å². The van der Waals surface area contributed by atoms with Crippen molar-refractivity contribution in [2.24, 2.45) is 0 Å². The Morgan fingerprint density at radius 2 is 2.17 bits per heavy atom. The van der Waals surface area contributed by atoms with Crippen molar-refractivity contribution in [3.8, 4) is 6.07 Å². The van der Waals surface area contributed by atoms with Gasteiger partial charge in [-0.05, 0) is 38.7 Å². The molecule has 1 N–H and O–H groups in total. The Morgan fingerprint density at radius 1 is 1.38 bits per heavy atom. The van der Waals surface area contributed by atoms with E-state index in [4.69, 9.17) is 4.98 Å². The predicted molar refractivity (Wildman–Crippen MR) is 97.9 cm³/mol. The van der Waals surface area contributed by atoms with E-state index in [1.165, 1.54) is 31.2 Å². The Labute approximate surface area is 144 Å². The normalized spacial score (nSPS) is 15.6. The van der Waals surface area contributed by atoms with Gasteiger partial charge in [0, 0.05) is 30.2 Å². The van der Waals surface area contributed by atoms with Crippen molar-refractivity contribution in [3.05, 3.63) is 29.2 Å². The molecular formula is C20H28N4. The molecule has 2 heterocycles. The molecule has 24 heavy (non-hydrogen) atoms. The lowest BCUT2D eigenvalue weighted by atomic mass is 10.1. The van der Waals surface area contributed by atoms with E-state index in [1.807, 2.05) is 6.20 Å². The molecule has 128 valence electrons. The van der Waals surface area contributed by atoms with Gasteiger partial charge in [-0.3, -0.25) is 4.98 Å². The zero-order valence-electron chi connectivity index (χ0n) is 15.1. The standard InChI is InChI=1S/C20H28N4/c1-4-6-7-10-24-13-15(12-21)20-17(5-2)23-18(11-19(20)24)14(3)22-16-8-9-16/h11,13-14,16,22H,4-10H2,1-3H3. The van der Waals surface area contributed by atoms with Crippen molar-refractivity contribution in [1.82, 2.24) is 14.9 Å². The molecule has 1 unspecified atom stereocenters. The van der Waals surface area contributed by atoms with E-state index >= 15 is 0 Å². The maximum absolute atomic E-state index is 9.54. The summed E-state index contributed by atoms with van der Waals surface area (Å²) in [6, 6.07) is 5.49. The Balaban J connectivity index is 2.02. The highest BCUT2D eigenvalue weighted by Crippen LogP contribution is 2.29. The Hall–Kier alpha value is -1.86. The minimum absolute atomic E-state index is 0.261. The topological polar surface area (TPSA) is 53.6 Å². The molecule has 2 aromatic heterocycles. The molecule has 4 heteroatoms. The van der Waals surface area contributed by atoms with Gasteiger partial charge in [-0.1, -0.05) is 26.7 Å². The molecule has 0 saturated heterocycles. The lowest BCUT2D eigenvalue weighted by Crippen LogP contribution is -2.22. The lowest BCUT2D eigenvalue weighted by molar-refractivity contribution is 0.556. The second kappa shape index (κ2) is 7.36. The van der Waals surface area contributed by atoms with E-state index in [9.17, 15) is 5.26 Å². The van der Waals surface area contributed by atoms with Crippen molar-refractivity contribution in [2.75, 3.05) is 0 Å². The average molecular weight is 324 g/mol. The summed E-state index contributed by atoms with van der Waals surface area (Å²) in [7, 11) is 0. The molecule has 3 rings (SSSR count). The fraction of sp³-hybridized carbons (Fsp3) is 0.600. The first kappa shape index (κ1) is 17.0. The Kier molecular flexibility index (Phi) is 5.20. The predicted octanol–water partition coefficient (Wildman–Crippen LogP) is 4.47. The van der Waals surface area contributed by atoms with Gasteiger partial charge in [-0.2, -0.15) is 5.26 Å². The third-order valence-electron chi connectivity index (χ3n) is 4.92. The van der Waals surface area contributed by atoms with Crippen LogP contribution in [0.1, 0.15) is 75.9 Å². The van der Waals surface area contributed by atoms with E-state index in [2.05, 4.69) is 42.8 Å².